The zero-order valence-electron chi connectivity index (χ0n) is 9.74. The smallest absolute Gasteiger partial charge is 0.115 e. The molecule has 0 fully saturated rings. The van der Waals surface area contributed by atoms with Gasteiger partial charge in [-0.15, -0.1) is 11.6 Å². The van der Waals surface area contributed by atoms with Gasteiger partial charge >= 0.3 is 0 Å². The average molecular weight is 332 g/mol. The van der Waals surface area contributed by atoms with Gasteiger partial charge < -0.3 is 0 Å². The van der Waals surface area contributed by atoms with Crippen LogP contribution < -0.4 is 0 Å². The van der Waals surface area contributed by atoms with Crippen LogP contribution in [0.3, 0.4) is 0 Å². The summed E-state index contributed by atoms with van der Waals surface area (Å²) in [6.45, 7) is 0. The number of benzene rings is 1. The molecule has 0 saturated heterocycles. The molecule has 0 aliphatic carbocycles. The van der Waals surface area contributed by atoms with E-state index in [-0.39, 0.29) is 0 Å². The second-order valence-electron chi connectivity index (χ2n) is 4.04. The number of alkyl halides is 1. The zero-order valence-corrected chi connectivity index (χ0v) is 12.8. The molecule has 0 N–H and O–H groups in total. The summed E-state index contributed by atoms with van der Waals surface area (Å²) in [4.78, 5) is 4.60. The fourth-order valence-corrected chi connectivity index (χ4v) is 3.15. The Kier molecular flexibility index (Phi) is 3.72. The number of imidazole rings is 1. The van der Waals surface area contributed by atoms with E-state index in [4.69, 9.17) is 34.8 Å². The van der Waals surface area contributed by atoms with Crippen molar-refractivity contribution >= 4 is 57.2 Å². The monoisotopic (exact) mass is 330 g/mol. The van der Waals surface area contributed by atoms with Crippen LogP contribution in [0.5, 0.6) is 0 Å². The van der Waals surface area contributed by atoms with E-state index in [9.17, 15) is 0 Å². The van der Waals surface area contributed by atoms with E-state index in [1.54, 1.807) is 17.4 Å². The van der Waals surface area contributed by atoms with Gasteiger partial charge in [-0.3, -0.25) is 4.57 Å². The molecule has 2 aromatic heterocycles. The Labute approximate surface area is 129 Å². The summed E-state index contributed by atoms with van der Waals surface area (Å²) in [5.74, 6) is 1.44. The molecule has 6 heteroatoms. The van der Waals surface area contributed by atoms with Crippen LogP contribution in [-0.2, 0) is 6.42 Å². The Bertz CT molecular complexity index is 719. The quantitative estimate of drug-likeness (QED) is 0.605. The van der Waals surface area contributed by atoms with E-state index in [2.05, 4.69) is 14.9 Å². The summed E-state index contributed by atoms with van der Waals surface area (Å²) in [6, 6.07) is 5.69. The Morgan fingerprint density at radius 3 is 2.68 bits per heavy atom. The number of hydrogen-bond acceptors (Lipinski definition) is 2. The largest absolute Gasteiger partial charge is 0.295 e. The van der Waals surface area contributed by atoms with Gasteiger partial charge in [0.25, 0.3) is 0 Å². The second-order valence-corrected chi connectivity index (χ2v) is 6.01. The van der Waals surface area contributed by atoms with Crippen molar-refractivity contribution in [1.82, 2.24) is 9.55 Å². The van der Waals surface area contributed by atoms with Gasteiger partial charge in [-0.25, -0.2) is 4.98 Å². The van der Waals surface area contributed by atoms with E-state index >= 15 is 0 Å². The highest BCUT2D eigenvalue weighted by Gasteiger charge is 2.14. The van der Waals surface area contributed by atoms with Gasteiger partial charge in [-0.2, -0.15) is 11.3 Å². The molecule has 0 radical (unpaired) electrons. The standard InChI is InChI=1S/C13H9Cl3N2S/c14-3-1-13-17-11-5-9(15)10(16)6-12(11)18(13)8-2-4-19-7-8/h2,4-7H,1,3H2. The van der Waals surface area contributed by atoms with Crippen LogP contribution in [0.2, 0.25) is 10.0 Å². The molecule has 0 unspecified atom stereocenters. The fraction of sp³-hybridized carbons (Fsp3) is 0.154. The first kappa shape index (κ1) is 13.3. The molecule has 0 amide bonds. The minimum absolute atomic E-state index is 0.515. The van der Waals surface area contributed by atoms with Crippen molar-refractivity contribution in [2.24, 2.45) is 0 Å². The molecule has 0 spiro atoms. The highest BCUT2D eigenvalue weighted by Crippen LogP contribution is 2.30. The Morgan fingerprint density at radius 2 is 2.00 bits per heavy atom. The van der Waals surface area contributed by atoms with Crippen LogP contribution in [0, 0.1) is 0 Å². The first-order valence-electron chi connectivity index (χ1n) is 5.65. The number of aryl methyl sites for hydroxylation is 1. The molecule has 19 heavy (non-hydrogen) atoms. The molecule has 0 atom stereocenters. The van der Waals surface area contributed by atoms with Crippen LogP contribution in [0.15, 0.2) is 29.0 Å². The fourth-order valence-electron chi connectivity index (χ4n) is 2.05. The van der Waals surface area contributed by atoms with E-state index in [1.165, 1.54) is 0 Å². The lowest BCUT2D eigenvalue weighted by atomic mass is 10.3. The average Bonchev–Trinajstić information content (AvgIpc) is 2.98. The lowest BCUT2D eigenvalue weighted by Gasteiger charge is -2.06. The molecule has 2 nitrogen and oxygen atoms in total. The van der Waals surface area contributed by atoms with Crippen molar-refractivity contribution < 1.29 is 0 Å². The van der Waals surface area contributed by atoms with Crippen LogP contribution in [0.1, 0.15) is 5.82 Å². The van der Waals surface area contributed by atoms with Crippen LogP contribution in [0.4, 0.5) is 0 Å². The molecule has 2 heterocycles. The third kappa shape index (κ3) is 2.36. The minimum Gasteiger partial charge on any atom is -0.295 e. The van der Waals surface area contributed by atoms with Gasteiger partial charge in [0.1, 0.15) is 5.82 Å². The SMILES string of the molecule is ClCCc1nc2cc(Cl)c(Cl)cc2n1-c1ccsc1. The summed E-state index contributed by atoms with van der Waals surface area (Å²) in [5.41, 5.74) is 2.86. The molecular formula is C13H9Cl3N2S. The van der Waals surface area contributed by atoms with Gasteiger partial charge in [0.2, 0.25) is 0 Å². The van der Waals surface area contributed by atoms with E-state index < -0.39 is 0 Å². The van der Waals surface area contributed by atoms with Crippen LogP contribution in [-0.4, -0.2) is 15.4 Å². The summed E-state index contributed by atoms with van der Waals surface area (Å²) >= 11 is 19.7. The summed E-state index contributed by atoms with van der Waals surface area (Å²) in [6.07, 6.45) is 0.696. The number of aromatic nitrogens is 2. The number of hydrogen-bond donors (Lipinski definition) is 0. The van der Waals surface area contributed by atoms with Crippen molar-refractivity contribution in [2.45, 2.75) is 6.42 Å². The predicted molar refractivity (Wildman–Crippen MR) is 83.4 cm³/mol. The third-order valence-electron chi connectivity index (χ3n) is 2.85. The van der Waals surface area contributed by atoms with Crippen LogP contribution in [0.25, 0.3) is 16.7 Å². The van der Waals surface area contributed by atoms with Crippen molar-refractivity contribution in [2.75, 3.05) is 5.88 Å². The number of rotatable bonds is 3. The molecular weight excluding hydrogens is 323 g/mol. The van der Waals surface area contributed by atoms with Crippen molar-refractivity contribution in [3.63, 3.8) is 0 Å². The van der Waals surface area contributed by atoms with Crippen LogP contribution >= 0.6 is 46.1 Å². The Balaban J connectivity index is 2.32. The Morgan fingerprint density at radius 1 is 1.21 bits per heavy atom. The van der Waals surface area contributed by atoms with E-state index in [0.717, 1.165) is 22.5 Å². The number of fused-ring (bicyclic) bond motifs is 1. The highest BCUT2D eigenvalue weighted by molar-refractivity contribution is 7.08. The zero-order chi connectivity index (χ0) is 13.4. The van der Waals surface area contributed by atoms with Gasteiger partial charge in [-0.05, 0) is 23.6 Å². The molecule has 0 aliphatic rings. The maximum atomic E-state index is 6.11. The van der Waals surface area contributed by atoms with Gasteiger partial charge in [0.05, 0.1) is 26.8 Å². The summed E-state index contributed by atoms with van der Waals surface area (Å²) in [7, 11) is 0. The number of halogens is 3. The minimum atomic E-state index is 0.515. The highest BCUT2D eigenvalue weighted by atomic mass is 35.5. The molecule has 1 aromatic carbocycles. The summed E-state index contributed by atoms with van der Waals surface area (Å²) in [5, 5.41) is 5.15. The summed E-state index contributed by atoms with van der Waals surface area (Å²) < 4.78 is 2.08. The van der Waals surface area contributed by atoms with Crippen molar-refractivity contribution in [3.05, 3.63) is 44.8 Å². The number of nitrogens with zero attached hydrogens (tertiary/aromatic N) is 2. The van der Waals surface area contributed by atoms with Crippen molar-refractivity contribution in [1.29, 1.82) is 0 Å². The first-order valence-corrected chi connectivity index (χ1v) is 7.89. The van der Waals surface area contributed by atoms with Crippen molar-refractivity contribution in [3.8, 4) is 5.69 Å². The first-order chi connectivity index (χ1) is 9.20. The van der Waals surface area contributed by atoms with Gasteiger partial charge in [-0.1, -0.05) is 23.2 Å². The lowest BCUT2D eigenvalue weighted by Crippen LogP contribution is -2.00. The second kappa shape index (κ2) is 5.33. The van der Waals surface area contributed by atoms with E-state index in [1.807, 2.05) is 17.5 Å². The maximum absolute atomic E-state index is 6.11. The molecule has 98 valence electrons. The number of thiophene rings is 1. The van der Waals surface area contributed by atoms with Gasteiger partial charge in [0.15, 0.2) is 0 Å². The maximum Gasteiger partial charge on any atom is 0.115 e. The molecule has 0 aliphatic heterocycles. The molecule has 0 saturated carbocycles. The molecule has 3 aromatic rings. The normalized spacial score (nSPS) is 11.3. The lowest BCUT2D eigenvalue weighted by molar-refractivity contribution is 0.915. The predicted octanol–water partition coefficient (Wildman–Crippen LogP) is 5.18. The van der Waals surface area contributed by atoms with E-state index in [0.29, 0.717) is 22.3 Å². The molecule has 3 rings (SSSR count). The van der Waals surface area contributed by atoms with Gasteiger partial charge in [0, 0.05) is 17.7 Å². The topological polar surface area (TPSA) is 17.8 Å². The Hall–Kier alpha value is -0.740. The molecule has 0 bridgehead atoms. The third-order valence-corrected chi connectivity index (χ3v) is 4.43.